The first kappa shape index (κ1) is 13.4. The van der Waals surface area contributed by atoms with Crippen molar-refractivity contribution in [1.29, 1.82) is 0 Å². The molecule has 2 aromatic rings. The van der Waals surface area contributed by atoms with Crippen LogP contribution in [0.15, 0.2) is 38.7 Å². The van der Waals surface area contributed by atoms with Gasteiger partial charge in [0.1, 0.15) is 5.76 Å². The van der Waals surface area contributed by atoms with Gasteiger partial charge in [-0.25, -0.2) is 0 Å². The van der Waals surface area contributed by atoms with Crippen LogP contribution in [0.4, 0.5) is 0 Å². The molecule has 96 valence electrons. The third-order valence-corrected chi connectivity index (χ3v) is 4.18. The average molecular weight is 328 g/mol. The highest BCUT2D eigenvalue weighted by atomic mass is 79.9. The van der Waals surface area contributed by atoms with Crippen molar-refractivity contribution in [2.45, 2.75) is 19.3 Å². The quantitative estimate of drug-likeness (QED) is 0.883. The predicted octanol–water partition coefficient (Wildman–Crippen LogP) is 3.40. The smallest absolute Gasteiger partial charge is 0.220 e. The number of hydrogen-bond acceptors (Lipinski definition) is 3. The largest absolute Gasteiger partial charge is 0.469 e. The van der Waals surface area contributed by atoms with E-state index in [9.17, 15) is 4.79 Å². The van der Waals surface area contributed by atoms with Gasteiger partial charge in [-0.15, -0.1) is 11.3 Å². The van der Waals surface area contributed by atoms with Crippen LogP contribution in [0.3, 0.4) is 0 Å². The van der Waals surface area contributed by atoms with Gasteiger partial charge < -0.3 is 9.73 Å². The first-order valence-electron chi connectivity index (χ1n) is 5.77. The van der Waals surface area contributed by atoms with Gasteiger partial charge in [-0.05, 0) is 46.6 Å². The van der Waals surface area contributed by atoms with Gasteiger partial charge in [0, 0.05) is 24.3 Å². The van der Waals surface area contributed by atoms with E-state index >= 15 is 0 Å². The minimum absolute atomic E-state index is 0.0713. The molecule has 2 heterocycles. The summed E-state index contributed by atoms with van der Waals surface area (Å²) in [5.41, 5.74) is 0. The number of furan rings is 1. The van der Waals surface area contributed by atoms with Crippen molar-refractivity contribution in [3.8, 4) is 0 Å². The standard InChI is InChI=1S/C13H14BrNO2S/c14-12-5-4-11(18-12)7-8-15-13(16)6-3-10-2-1-9-17-10/h1-2,4-5,9H,3,6-8H2,(H,15,16). The summed E-state index contributed by atoms with van der Waals surface area (Å²) >= 11 is 5.12. The first-order chi connectivity index (χ1) is 8.74. The van der Waals surface area contributed by atoms with Gasteiger partial charge in [0.05, 0.1) is 10.0 Å². The fourth-order valence-electron chi connectivity index (χ4n) is 1.59. The Morgan fingerprint density at radius 2 is 2.22 bits per heavy atom. The number of rotatable bonds is 6. The van der Waals surface area contributed by atoms with E-state index in [2.05, 4.69) is 27.3 Å². The topological polar surface area (TPSA) is 42.2 Å². The molecule has 1 N–H and O–H groups in total. The van der Waals surface area contributed by atoms with Gasteiger partial charge in [-0.1, -0.05) is 0 Å². The summed E-state index contributed by atoms with van der Waals surface area (Å²) in [5.74, 6) is 0.925. The second-order valence-electron chi connectivity index (χ2n) is 3.89. The van der Waals surface area contributed by atoms with Crippen molar-refractivity contribution >= 4 is 33.2 Å². The van der Waals surface area contributed by atoms with Crippen LogP contribution in [0.1, 0.15) is 17.1 Å². The number of hydrogen-bond donors (Lipinski definition) is 1. The van der Waals surface area contributed by atoms with Crippen LogP contribution in [0.2, 0.25) is 0 Å². The number of thiophene rings is 1. The van der Waals surface area contributed by atoms with E-state index in [1.165, 1.54) is 4.88 Å². The SMILES string of the molecule is O=C(CCc1ccco1)NCCc1ccc(Br)s1. The Kier molecular flexibility index (Phi) is 5.01. The number of aryl methyl sites for hydroxylation is 1. The molecule has 0 bridgehead atoms. The van der Waals surface area contributed by atoms with E-state index in [-0.39, 0.29) is 5.91 Å². The molecule has 2 rings (SSSR count). The average Bonchev–Trinajstić information content (AvgIpc) is 2.98. The highest BCUT2D eigenvalue weighted by molar-refractivity contribution is 9.11. The third kappa shape index (κ3) is 4.31. The molecule has 0 aliphatic rings. The maximum atomic E-state index is 11.6. The van der Waals surface area contributed by atoms with Crippen molar-refractivity contribution in [2.24, 2.45) is 0 Å². The van der Waals surface area contributed by atoms with Crippen LogP contribution in [-0.2, 0) is 17.6 Å². The Morgan fingerprint density at radius 1 is 1.33 bits per heavy atom. The summed E-state index contributed by atoms with van der Waals surface area (Å²) in [6.07, 6.45) is 3.63. The Hall–Kier alpha value is -1.07. The molecular formula is C13H14BrNO2S. The number of halogens is 1. The molecule has 0 radical (unpaired) electrons. The van der Waals surface area contributed by atoms with Crippen LogP contribution < -0.4 is 5.32 Å². The van der Waals surface area contributed by atoms with E-state index < -0.39 is 0 Å². The molecule has 0 fully saturated rings. The molecule has 0 saturated heterocycles. The number of amides is 1. The van der Waals surface area contributed by atoms with Gasteiger partial charge >= 0.3 is 0 Å². The summed E-state index contributed by atoms with van der Waals surface area (Å²) in [6.45, 7) is 0.684. The van der Waals surface area contributed by atoms with E-state index in [0.717, 1.165) is 16.0 Å². The van der Waals surface area contributed by atoms with Crippen molar-refractivity contribution in [1.82, 2.24) is 5.32 Å². The lowest BCUT2D eigenvalue weighted by Crippen LogP contribution is -2.25. The lowest BCUT2D eigenvalue weighted by molar-refractivity contribution is -0.121. The maximum absolute atomic E-state index is 11.6. The molecule has 0 aliphatic heterocycles. The van der Waals surface area contributed by atoms with Crippen molar-refractivity contribution in [3.63, 3.8) is 0 Å². The number of nitrogens with one attached hydrogen (secondary N) is 1. The Labute approximate surface area is 118 Å². The van der Waals surface area contributed by atoms with E-state index in [1.54, 1.807) is 17.6 Å². The van der Waals surface area contributed by atoms with Crippen LogP contribution in [-0.4, -0.2) is 12.5 Å². The van der Waals surface area contributed by atoms with Gasteiger partial charge in [0.15, 0.2) is 0 Å². The zero-order chi connectivity index (χ0) is 12.8. The van der Waals surface area contributed by atoms with Gasteiger partial charge in [0.25, 0.3) is 0 Å². The number of carbonyl (C=O) groups excluding carboxylic acids is 1. The molecule has 18 heavy (non-hydrogen) atoms. The second kappa shape index (κ2) is 6.75. The molecule has 3 nitrogen and oxygen atoms in total. The normalized spacial score (nSPS) is 10.5. The lowest BCUT2D eigenvalue weighted by atomic mass is 10.2. The molecule has 0 aliphatic carbocycles. The molecule has 0 aromatic carbocycles. The molecule has 5 heteroatoms. The van der Waals surface area contributed by atoms with E-state index in [0.29, 0.717) is 19.4 Å². The van der Waals surface area contributed by atoms with Gasteiger partial charge in [-0.2, -0.15) is 0 Å². The zero-order valence-corrected chi connectivity index (χ0v) is 12.2. The molecule has 2 aromatic heterocycles. The summed E-state index contributed by atoms with van der Waals surface area (Å²) in [4.78, 5) is 12.8. The lowest BCUT2D eigenvalue weighted by Gasteiger charge is -2.03. The van der Waals surface area contributed by atoms with Crippen LogP contribution >= 0.6 is 27.3 Å². The monoisotopic (exact) mass is 327 g/mol. The Morgan fingerprint density at radius 3 is 2.89 bits per heavy atom. The maximum Gasteiger partial charge on any atom is 0.220 e. The molecule has 0 atom stereocenters. The predicted molar refractivity (Wildman–Crippen MR) is 75.8 cm³/mol. The van der Waals surface area contributed by atoms with Gasteiger partial charge in [0.2, 0.25) is 5.91 Å². The Bertz CT molecular complexity index is 493. The van der Waals surface area contributed by atoms with Crippen LogP contribution in [0.5, 0.6) is 0 Å². The summed E-state index contributed by atoms with van der Waals surface area (Å²) in [6, 6.07) is 7.82. The van der Waals surface area contributed by atoms with E-state index in [1.807, 2.05) is 18.2 Å². The Balaban J connectivity index is 1.63. The van der Waals surface area contributed by atoms with E-state index in [4.69, 9.17) is 4.42 Å². The summed E-state index contributed by atoms with van der Waals surface area (Å²) in [5, 5.41) is 2.91. The summed E-state index contributed by atoms with van der Waals surface area (Å²) < 4.78 is 6.30. The summed E-state index contributed by atoms with van der Waals surface area (Å²) in [7, 11) is 0. The van der Waals surface area contributed by atoms with Gasteiger partial charge in [-0.3, -0.25) is 4.79 Å². The fourth-order valence-corrected chi connectivity index (χ4v) is 3.07. The minimum Gasteiger partial charge on any atom is -0.469 e. The second-order valence-corrected chi connectivity index (χ2v) is 6.43. The molecular weight excluding hydrogens is 314 g/mol. The van der Waals surface area contributed by atoms with Crippen molar-refractivity contribution in [3.05, 3.63) is 45.0 Å². The van der Waals surface area contributed by atoms with Crippen LogP contribution in [0.25, 0.3) is 0 Å². The number of carbonyl (C=O) groups is 1. The van der Waals surface area contributed by atoms with Crippen molar-refractivity contribution in [2.75, 3.05) is 6.54 Å². The molecule has 0 unspecified atom stereocenters. The molecule has 1 amide bonds. The fraction of sp³-hybridized carbons (Fsp3) is 0.308. The van der Waals surface area contributed by atoms with Crippen LogP contribution in [0, 0.1) is 0 Å². The molecule has 0 saturated carbocycles. The molecule has 0 spiro atoms. The third-order valence-electron chi connectivity index (χ3n) is 2.50. The first-order valence-corrected chi connectivity index (χ1v) is 7.38. The van der Waals surface area contributed by atoms with Crippen molar-refractivity contribution < 1.29 is 9.21 Å². The highest BCUT2D eigenvalue weighted by Crippen LogP contribution is 2.22. The highest BCUT2D eigenvalue weighted by Gasteiger charge is 2.04. The zero-order valence-electron chi connectivity index (χ0n) is 9.82. The minimum atomic E-state index is 0.0713.